The fourth-order valence-corrected chi connectivity index (χ4v) is 4.67. The van der Waals surface area contributed by atoms with Gasteiger partial charge in [-0.2, -0.15) is 0 Å². The molecule has 2 N–H and O–H groups in total. The number of thiazole rings is 1. The minimum Gasteiger partial charge on any atom is -0.329 e. The zero-order chi connectivity index (χ0) is 19.1. The number of aliphatic imine (C=N–C) groups is 1. The Bertz CT molecular complexity index is 1080. The van der Waals surface area contributed by atoms with Crippen LogP contribution in [0.15, 0.2) is 65.3 Å². The van der Waals surface area contributed by atoms with Crippen molar-refractivity contribution in [2.45, 2.75) is 25.8 Å². The molecule has 3 aromatic rings. The summed E-state index contributed by atoms with van der Waals surface area (Å²) in [7, 11) is 0. The van der Waals surface area contributed by atoms with E-state index < -0.39 is 0 Å². The highest BCUT2D eigenvalue weighted by Crippen LogP contribution is 2.38. The van der Waals surface area contributed by atoms with Gasteiger partial charge >= 0.3 is 0 Å². The zero-order valence-electron chi connectivity index (χ0n) is 15.5. The molecule has 2 aromatic carbocycles. The number of nitrogens with one attached hydrogen (secondary N) is 2. The summed E-state index contributed by atoms with van der Waals surface area (Å²) < 4.78 is 1.13. The number of benzene rings is 2. The standard InChI is InChI=1S/C22H20N4OS/c1-13-9-11-14(12-10-13)20-19-16(6-4-7-17(19)27)23-21(25-20)26-22-24-15-5-2-3-8-18(15)28-22/h2-3,5-6,8-12,19-20H,4,7H2,1H3,(H2,23,24,25,26). The second-order valence-electron chi connectivity index (χ2n) is 7.21. The number of aromatic nitrogens is 1. The number of allylic oxidation sites excluding steroid dienone is 1. The molecule has 0 radical (unpaired) electrons. The molecule has 2 heterocycles. The SMILES string of the molecule is Cc1ccc(C2N=C(Nc3nc4ccccc4s3)NC3=CCCC(=O)C32)cc1. The van der Waals surface area contributed by atoms with E-state index in [0.717, 1.165) is 33.0 Å². The van der Waals surface area contributed by atoms with Crippen LogP contribution in [0.1, 0.15) is 30.0 Å². The lowest BCUT2D eigenvalue weighted by Gasteiger charge is -2.34. The van der Waals surface area contributed by atoms with Crippen LogP contribution in [0.4, 0.5) is 5.13 Å². The van der Waals surface area contributed by atoms with Crippen LogP contribution in [0.2, 0.25) is 0 Å². The van der Waals surface area contributed by atoms with Crippen molar-refractivity contribution in [2.24, 2.45) is 10.9 Å². The largest absolute Gasteiger partial charge is 0.329 e. The van der Waals surface area contributed by atoms with Gasteiger partial charge in [0.15, 0.2) is 5.13 Å². The highest BCUT2D eigenvalue weighted by atomic mass is 32.1. The lowest BCUT2D eigenvalue weighted by molar-refractivity contribution is -0.122. The first-order valence-electron chi connectivity index (χ1n) is 9.44. The van der Waals surface area contributed by atoms with Gasteiger partial charge in [0.1, 0.15) is 5.78 Å². The third kappa shape index (κ3) is 3.10. The predicted octanol–water partition coefficient (Wildman–Crippen LogP) is 4.58. The molecule has 0 saturated carbocycles. The van der Waals surface area contributed by atoms with Crippen LogP contribution >= 0.6 is 11.3 Å². The number of hydrogen-bond donors (Lipinski definition) is 2. The molecule has 0 saturated heterocycles. The Morgan fingerprint density at radius 1 is 1.14 bits per heavy atom. The van der Waals surface area contributed by atoms with Crippen molar-refractivity contribution in [1.29, 1.82) is 0 Å². The first-order valence-corrected chi connectivity index (χ1v) is 10.3. The lowest BCUT2D eigenvalue weighted by Crippen LogP contribution is -2.43. The summed E-state index contributed by atoms with van der Waals surface area (Å²) in [5, 5.41) is 7.45. The molecule has 5 rings (SSSR count). The third-order valence-electron chi connectivity index (χ3n) is 5.22. The van der Waals surface area contributed by atoms with Crippen LogP contribution in [0.3, 0.4) is 0 Å². The van der Waals surface area contributed by atoms with Crippen molar-refractivity contribution in [3.05, 3.63) is 71.4 Å². The Morgan fingerprint density at radius 2 is 1.96 bits per heavy atom. The number of nitrogens with zero attached hydrogens (tertiary/aromatic N) is 2. The summed E-state index contributed by atoms with van der Waals surface area (Å²) in [6.07, 6.45) is 3.48. The molecule has 140 valence electrons. The molecule has 1 aliphatic heterocycles. The van der Waals surface area contributed by atoms with E-state index >= 15 is 0 Å². The van der Waals surface area contributed by atoms with E-state index in [1.165, 1.54) is 5.56 Å². The van der Waals surface area contributed by atoms with E-state index in [-0.39, 0.29) is 17.7 Å². The van der Waals surface area contributed by atoms with Crippen LogP contribution in [-0.2, 0) is 4.79 Å². The normalized spacial score (nSPS) is 21.5. The summed E-state index contributed by atoms with van der Waals surface area (Å²) >= 11 is 1.59. The summed E-state index contributed by atoms with van der Waals surface area (Å²) in [4.78, 5) is 22.2. The Kier molecular flexibility index (Phi) is 4.20. The minimum atomic E-state index is -0.239. The molecule has 2 atom stereocenters. The highest BCUT2D eigenvalue weighted by Gasteiger charge is 2.38. The van der Waals surface area contributed by atoms with Gasteiger partial charge in [0.2, 0.25) is 5.96 Å². The summed E-state index contributed by atoms with van der Waals surface area (Å²) in [5.41, 5.74) is 4.16. The second kappa shape index (κ2) is 6.87. The van der Waals surface area contributed by atoms with Gasteiger partial charge in [-0.3, -0.25) is 4.79 Å². The van der Waals surface area contributed by atoms with Crippen molar-refractivity contribution in [3.63, 3.8) is 0 Å². The molecule has 0 spiro atoms. The van der Waals surface area contributed by atoms with Crippen molar-refractivity contribution in [3.8, 4) is 0 Å². The first kappa shape index (κ1) is 17.1. The van der Waals surface area contributed by atoms with Crippen molar-refractivity contribution in [1.82, 2.24) is 10.3 Å². The summed E-state index contributed by atoms with van der Waals surface area (Å²) in [6.45, 7) is 2.06. The maximum atomic E-state index is 12.7. The van der Waals surface area contributed by atoms with Gasteiger partial charge in [-0.15, -0.1) is 0 Å². The van der Waals surface area contributed by atoms with Gasteiger partial charge in [0.25, 0.3) is 0 Å². The summed E-state index contributed by atoms with van der Waals surface area (Å²) in [5.74, 6) is 0.651. The van der Waals surface area contributed by atoms with Gasteiger partial charge in [0.05, 0.1) is 22.2 Å². The molecule has 1 aromatic heterocycles. The molecule has 0 fully saturated rings. The van der Waals surface area contributed by atoms with E-state index in [0.29, 0.717) is 12.4 Å². The number of carbonyl (C=O) groups excluding carboxylic acids is 1. The number of guanidine groups is 1. The molecule has 2 aliphatic rings. The number of aryl methyl sites for hydroxylation is 1. The second-order valence-corrected chi connectivity index (χ2v) is 8.24. The Hall–Kier alpha value is -2.99. The van der Waals surface area contributed by atoms with Crippen LogP contribution < -0.4 is 10.6 Å². The molecule has 28 heavy (non-hydrogen) atoms. The zero-order valence-corrected chi connectivity index (χ0v) is 16.3. The average Bonchev–Trinajstić information content (AvgIpc) is 3.10. The molecular formula is C22H20N4OS. The van der Waals surface area contributed by atoms with Crippen molar-refractivity contribution in [2.75, 3.05) is 5.32 Å². The third-order valence-corrected chi connectivity index (χ3v) is 6.17. The monoisotopic (exact) mass is 388 g/mol. The van der Waals surface area contributed by atoms with E-state index in [1.807, 2.05) is 18.2 Å². The highest BCUT2D eigenvalue weighted by molar-refractivity contribution is 7.22. The number of anilines is 1. The van der Waals surface area contributed by atoms with Gasteiger partial charge in [0, 0.05) is 12.1 Å². The Morgan fingerprint density at radius 3 is 2.79 bits per heavy atom. The number of para-hydroxylation sites is 1. The maximum Gasteiger partial charge on any atom is 0.202 e. The minimum absolute atomic E-state index is 0.224. The van der Waals surface area contributed by atoms with Gasteiger partial charge in [-0.25, -0.2) is 9.98 Å². The van der Waals surface area contributed by atoms with E-state index in [4.69, 9.17) is 4.99 Å². The van der Waals surface area contributed by atoms with Crippen molar-refractivity contribution >= 4 is 38.4 Å². The number of rotatable bonds is 2. The van der Waals surface area contributed by atoms with Gasteiger partial charge in [-0.05, 0) is 31.0 Å². The van der Waals surface area contributed by atoms with E-state index in [9.17, 15) is 4.79 Å². The van der Waals surface area contributed by atoms with Gasteiger partial charge < -0.3 is 10.6 Å². The number of fused-ring (bicyclic) bond motifs is 2. The number of hydrogen-bond acceptors (Lipinski definition) is 6. The number of carbonyl (C=O) groups is 1. The smallest absolute Gasteiger partial charge is 0.202 e. The topological polar surface area (TPSA) is 66.4 Å². The van der Waals surface area contributed by atoms with E-state index in [1.54, 1.807) is 11.3 Å². The van der Waals surface area contributed by atoms with Crippen molar-refractivity contribution < 1.29 is 4.79 Å². The Balaban J connectivity index is 1.52. The average molecular weight is 388 g/mol. The molecule has 6 heteroatoms. The van der Waals surface area contributed by atoms with Crippen LogP contribution in [-0.4, -0.2) is 16.7 Å². The first-order chi connectivity index (χ1) is 13.7. The molecule has 5 nitrogen and oxygen atoms in total. The molecule has 2 unspecified atom stereocenters. The van der Waals surface area contributed by atoms with Crippen LogP contribution in [0.25, 0.3) is 10.2 Å². The fourth-order valence-electron chi connectivity index (χ4n) is 3.80. The molecule has 1 aliphatic carbocycles. The van der Waals surface area contributed by atoms with E-state index in [2.05, 4.69) is 58.9 Å². The number of ketones is 1. The number of Topliss-reactive ketones (excluding diaryl/α,β-unsaturated/α-hetero) is 1. The summed E-state index contributed by atoms with van der Waals surface area (Å²) in [6, 6.07) is 16.1. The predicted molar refractivity (Wildman–Crippen MR) is 114 cm³/mol. The lowest BCUT2D eigenvalue weighted by atomic mass is 9.81. The van der Waals surface area contributed by atoms with Crippen LogP contribution in [0.5, 0.6) is 0 Å². The Labute approximate surface area is 167 Å². The molecule has 0 bridgehead atoms. The molecular weight excluding hydrogens is 368 g/mol. The fraction of sp³-hybridized carbons (Fsp3) is 0.227. The molecule has 0 amide bonds. The van der Waals surface area contributed by atoms with Gasteiger partial charge in [-0.1, -0.05) is 59.4 Å². The van der Waals surface area contributed by atoms with Crippen LogP contribution in [0, 0.1) is 12.8 Å². The maximum absolute atomic E-state index is 12.7. The quantitative estimate of drug-likeness (QED) is 0.674.